The Morgan fingerprint density at radius 1 is 1.24 bits per heavy atom. The average molecular weight is 337 g/mol. The summed E-state index contributed by atoms with van der Waals surface area (Å²) in [6, 6.07) is 8.05. The number of benzene rings is 1. The molecule has 1 aromatic carbocycles. The molecule has 0 atom stereocenters. The van der Waals surface area contributed by atoms with Crippen molar-refractivity contribution in [2.24, 2.45) is 7.05 Å². The van der Waals surface area contributed by atoms with Gasteiger partial charge >= 0.3 is 6.03 Å². The number of hydrogen-bond donors (Lipinski definition) is 1. The molecule has 2 amide bonds. The maximum atomic E-state index is 12.4. The number of aryl methyl sites for hydroxylation is 1. The lowest BCUT2D eigenvalue weighted by atomic mass is 10.1. The number of carbonyl (C=O) groups excluding carboxylic acids is 1. The van der Waals surface area contributed by atoms with Crippen molar-refractivity contribution in [1.82, 2.24) is 35.0 Å². The van der Waals surface area contributed by atoms with E-state index in [0.29, 0.717) is 26.2 Å². The highest BCUT2D eigenvalue weighted by molar-refractivity contribution is 5.74. The van der Waals surface area contributed by atoms with Crippen molar-refractivity contribution in [3.8, 4) is 11.1 Å². The molecular weight excluding hydrogens is 318 g/mol. The highest BCUT2D eigenvalue weighted by atomic mass is 16.2. The summed E-state index contributed by atoms with van der Waals surface area (Å²) in [5, 5.41) is 15.1. The summed E-state index contributed by atoms with van der Waals surface area (Å²) < 4.78 is 3.61. The highest BCUT2D eigenvalue weighted by Crippen LogP contribution is 2.19. The molecule has 4 rings (SSSR count). The molecule has 0 fully saturated rings. The molecule has 3 heterocycles. The maximum Gasteiger partial charge on any atom is 0.318 e. The Morgan fingerprint density at radius 2 is 2.16 bits per heavy atom. The summed E-state index contributed by atoms with van der Waals surface area (Å²) in [4.78, 5) is 14.2. The van der Waals surface area contributed by atoms with Gasteiger partial charge < -0.3 is 10.2 Å². The number of aromatic nitrogens is 5. The molecule has 0 spiro atoms. The topological polar surface area (TPSA) is 80.9 Å². The molecule has 8 nitrogen and oxygen atoms in total. The Morgan fingerprint density at radius 3 is 3.00 bits per heavy atom. The van der Waals surface area contributed by atoms with Gasteiger partial charge in [-0.25, -0.2) is 9.48 Å². The predicted octanol–water partition coefficient (Wildman–Crippen LogP) is 1.40. The number of amides is 2. The smallest absolute Gasteiger partial charge is 0.318 e. The summed E-state index contributed by atoms with van der Waals surface area (Å²) in [7, 11) is 1.90. The van der Waals surface area contributed by atoms with E-state index in [9.17, 15) is 4.79 Å². The van der Waals surface area contributed by atoms with E-state index < -0.39 is 0 Å². The van der Waals surface area contributed by atoms with E-state index in [1.165, 1.54) is 0 Å². The van der Waals surface area contributed by atoms with Crippen LogP contribution in [-0.4, -0.2) is 42.3 Å². The highest BCUT2D eigenvalue weighted by Gasteiger charge is 2.21. The summed E-state index contributed by atoms with van der Waals surface area (Å²) in [5.41, 5.74) is 4.17. The normalized spacial score (nSPS) is 13.6. The van der Waals surface area contributed by atoms with Crippen LogP contribution in [0.4, 0.5) is 4.79 Å². The van der Waals surface area contributed by atoms with Crippen LogP contribution < -0.4 is 5.32 Å². The van der Waals surface area contributed by atoms with Gasteiger partial charge in [0.2, 0.25) is 0 Å². The largest absolute Gasteiger partial charge is 0.334 e. The van der Waals surface area contributed by atoms with Gasteiger partial charge in [0.05, 0.1) is 31.2 Å². The van der Waals surface area contributed by atoms with Gasteiger partial charge in [-0.15, -0.1) is 5.10 Å². The Bertz CT molecular complexity index is 898. The molecule has 3 aromatic rings. The van der Waals surface area contributed by atoms with Crippen LogP contribution >= 0.6 is 0 Å². The summed E-state index contributed by atoms with van der Waals surface area (Å²) >= 11 is 0. The third kappa shape index (κ3) is 3.23. The first-order chi connectivity index (χ1) is 12.2. The molecule has 0 unspecified atom stereocenters. The molecule has 0 saturated carbocycles. The molecule has 1 aliphatic rings. The monoisotopic (exact) mass is 337 g/mol. The zero-order valence-electron chi connectivity index (χ0n) is 14.0. The Labute approximate surface area is 145 Å². The molecule has 0 aliphatic carbocycles. The van der Waals surface area contributed by atoms with Crippen molar-refractivity contribution in [1.29, 1.82) is 0 Å². The lowest BCUT2D eigenvalue weighted by molar-refractivity contribution is 0.180. The fourth-order valence-corrected chi connectivity index (χ4v) is 2.97. The maximum absolute atomic E-state index is 12.4. The lowest BCUT2D eigenvalue weighted by Crippen LogP contribution is -2.43. The van der Waals surface area contributed by atoms with Crippen LogP contribution in [0.2, 0.25) is 0 Å². The third-order valence-corrected chi connectivity index (χ3v) is 4.33. The van der Waals surface area contributed by atoms with Gasteiger partial charge in [0.15, 0.2) is 0 Å². The molecule has 2 aromatic heterocycles. The second kappa shape index (κ2) is 6.39. The van der Waals surface area contributed by atoms with Crippen LogP contribution in [0.15, 0.2) is 42.9 Å². The van der Waals surface area contributed by atoms with E-state index in [-0.39, 0.29) is 6.03 Å². The molecule has 0 radical (unpaired) electrons. The molecule has 0 saturated heterocycles. The number of fused-ring (bicyclic) bond motifs is 1. The van der Waals surface area contributed by atoms with Gasteiger partial charge in [-0.3, -0.25) is 4.68 Å². The zero-order chi connectivity index (χ0) is 17.2. The fraction of sp³-hybridized carbons (Fsp3) is 0.294. The Hall–Kier alpha value is -3.16. The zero-order valence-corrected chi connectivity index (χ0v) is 14.0. The van der Waals surface area contributed by atoms with Gasteiger partial charge in [0, 0.05) is 31.9 Å². The molecule has 8 heteroatoms. The molecular formula is C17H19N7O. The van der Waals surface area contributed by atoms with Crippen molar-refractivity contribution in [3.05, 3.63) is 54.1 Å². The first-order valence-corrected chi connectivity index (χ1v) is 8.17. The van der Waals surface area contributed by atoms with Crippen molar-refractivity contribution in [3.63, 3.8) is 0 Å². The number of carbonyl (C=O) groups is 1. The first kappa shape index (κ1) is 15.4. The minimum Gasteiger partial charge on any atom is -0.334 e. The van der Waals surface area contributed by atoms with Crippen LogP contribution in [0.5, 0.6) is 0 Å². The minimum atomic E-state index is -0.0702. The SMILES string of the molecule is Cn1cc(-c2cccc(CNC(=O)N3CCn4nncc4C3)c2)cn1. The van der Waals surface area contributed by atoms with Crippen LogP contribution in [-0.2, 0) is 26.7 Å². The van der Waals surface area contributed by atoms with Crippen LogP contribution in [0.3, 0.4) is 0 Å². The average Bonchev–Trinajstić information content (AvgIpc) is 3.28. The Balaban J connectivity index is 1.39. The van der Waals surface area contributed by atoms with Crippen molar-refractivity contribution < 1.29 is 4.79 Å². The van der Waals surface area contributed by atoms with E-state index in [0.717, 1.165) is 22.4 Å². The van der Waals surface area contributed by atoms with Crippen molar-refractivity contribution in [2.45, 2.75) is 19.6 Å². The lowest BCUT2D eigenvalue weighted by Gasteiger charge is -2.27. The third-order valence-electron chi connectivity index (χ3n) is 4.33. The van der Waals surface area contributed by atoms with Crippen molar-refractivity contribution in [2.75, 3.05) is 6.54 Å². The fourth-order valence-electron chi connectivity index (χ4n) is 2.97. The van der Waals surface area contributed by atoms with Crippen LogP contribution in [0.1, 0.15) is 11.3 Å². The number of nitrogens with one attached hydrogen (secondary N) is 1. The second-order valence-corrected chi connectivity index (χ2v) is 6.13. The number of urea groups is 1. The number of nitrogens with zero attached hydrogens (tertiary/aromatic N) is 6. The summed E-state index contributed by atoms with van der Waals surface area (Å²) in [6.45, 7) is 2.34. The number of rotatable bonds is 3. The standard InChI is InChI=1S/C17H19N7O/c1-22-11-15(9-20-22)14-4-2-3-13(7-14)8-18-17(25)23-5-6-24-16(12-23)10-19-21-24/h2-4,7,9-11H,5-6,8,12H2,1H3,(H,18,25). The minimum absolute atomic E-state index is 0.0702. The van der Waals surface area contributed by atoms with E-state index >= 15 is 0 Å². The summed E-state index contributed by atoms with van der Waals surface area (Å²) in [5.74, 6) is 0. The summed E-state index contributed by atoms with van der Waals surface area (Å²) in [6.07, 6.45) is 5.52. The number of hydrogen-bond acceptors (Lipinski definition) is 4. The quantitative estimate of drug-likeness (QED) is 0.783. The van der Waals surface area contributed by atoms with Crippen LogP contribution in [0.25, 0.3) is 11.1 Å². The van der Waals surface area contributed by atoms with Gasteiger partial charge in [0.25, 0.3) is 0 Å². The van der Waals surface area contributed by atoms with E-state index in [4.69, 9.17) is 0 Å². The van der Waals surface area contributed by atoms with Gasteiger partial charge in [0.1, 0.15) is 0 Å². The van der Waals surface area contributed by atoms with Crippen molar-refractivity contribution >= 4 is 6.03 Å². The van der Waals surface area contributed by atoms with Gasteiger partial charge in [-0.1, -0.05) is 23.4 Å². The second-order valence-electron chi connectivity index (χ2n) is 6.13. The molecule has 1 N–H and O–H groups in total. The predicted molar refractivity (Wildman–Crippen MR) is 91.3 cm³/mol. The molecule has 25 heavy (non-hydrogen) atoms. The van der Waals surface area contributed by atoms with E-state index in [1.54, 1.807) is 15.8 Å². The van der Waals surface area contributed by atoms with Crippen LogP contribution in [0, 0.1) is 0 Å². The van der Waals surface area contributed by atoms with E-state index in [1.807, 2.05) is 42.3 Å². The van der Waals surface area contributed by atoms with E-state index in [2.05, 4.69) is 26.8 Å². The molecule has 128 valence electrons. The molecule has 1 aliphatic heterocycles. The first-order valence-electron chi connectivity index (χ1n) is 8.17. The molecule has 0 bridgehead atoms. The van der Waals surface area contributed by atoms with Gasteiger partial charge in [-0.2, -0.15) is 5.10 Å². The Kier molecular flexibility index (Phi) is 3.93. The van der Waals surface area contributed by atoms with Gasteiger partial charge in [-0.05, 0) is 17.2 Å².